The number of hydrogen-bond acceptors (Lipinski definition) is 7. The fourth-order valence-corrected chi connectivity index (χ4v) is 5.03. The smallest absolute Gasteiger partial charge is 0.462 e. The Hall–Kier alpha value is -3.24. The average molecular weight is 520 g/mol. The summed E-state index contributed by atoms with van der Waals surface area (Å²) in [5, 5.41) is 0. The Labute approximate surface area is 212 Å². The van der Waals surface area contributed by atoms with Crippen LogP contribution in [0.15, 0.2) is 48.5 Å². The molecular weight excluding hydrogens is 491 g/mol. The van der Waals surface area contributed by atoms with Gasteiger partial charge >= 0.3 is 24.1 Å². The number of benzene rings is 2. The molecule has 0 amide bonds. The van der Waals surface area contributed by atoms with E-state index >= 15 is 0 Å². The highest BCUT2D eigenvalue weighted by Gasteiger charge is 2.45. The zero-order chi connectivity index (χ0) is 26.6. The summed E-state index contributed by atoms with van der Waals surface area (Å²) in [7, 11) is 0. The quantitative estimate of drug-likeness (QED) is 0.401. The van der Waals surface area contributed by atoms with Crippen LogP contribution in [-0.2, 0) is 42.4 Å². The molecule has 0 radical (unpaired) electrons. The van der Waals surface area contributed by atoms with E-state index in [2.05, 4.69) is 4.74 Å². The van der Waals surface area contributed by atoms with Crippen LogP contribution in [0.4, 0.5) is 13.2 Å². The van der Waals surface area contributed by atoms with Gasteiger partial charge in [-0.2, -0.15) is 13.2 Å². The van der Waals surface area contributed by atoms with Gasteiger partial charge in [-0.1, -0.05) is 42.5 Å². The summed E-state index contributed by atoms with van der Waals surface area (Å²) in [6.45, 7) is 3.43. The lowest BCUT2D eigenvalue weighted by atomic mass is 9.83. The summed E-state index contributed by atoms with van der Waals surface area (Å²) in [4.78, 5) is 38.5. The van der Waals surface area contributed by atoms with Crippen LogP contribution in [0.1, 0.15) is 46.8 Å². The van der Waals surface area contributed by atoms with Crippen molar-refractivity contribution in [1.82, 2.24) is 4.90 Å². The van der Waals surface area contributed by atoms with Crippen molar-refractivity contribution in [2.75, 3.05) is 26.2 Å². The number of fused-ring (bicyclic) bond motifs is 2. The Morgan fingerprint density at radius 3 is 2.43 bits per heavy atom. The van der Waals surface area contributed by atoms with Crippen molar-refractivity contribution in [3.05, 3.63) is 70.8 Å². The first-order valence-corrected chi connectivity index (χ1v) is 12.2. The molecule has 2 aromatic rings. The largest absolute Gasteiger partial charge is 0.491 e. The lowest BCUT2D eigenvalue weighted by Crippen LogP contribution is -2.46. The number of piperidine rings is 1. The van der Waals surface area contributed by atoms with Gasteiger partial charge in [0.15, 0.2) is 0 Å². The molecule has 2 aliphatic rings. The fraction of sp³-hybridized carbons (Fsp3) is 0.444. The summed E-state index contributed by atoms with van der Waals surface area (Å²) in [6.07, 6.45) is -4.10. The monoisotopic (exact) mass is 519 g/mol. The molecule has 10 heteroatoms. The third-order valence-corrected chi connectivity index (χ3v) is 6.89. The lowest BCUT2D eigenvalue weighted by molar-refractivity contribution is -0.203. The van der Waals surface area contributed by atoms with Gasteiger partial charge in [0.1, 0.15) is 0 Å². The van der Waals surface area contributed by atoms with Crippen LogP contribution in [0, 0.1) is 5.92 Å². The van der Waals surface area contributed by atoms with Gasteiger partial charge in [0.05, 0.1) is 30.3 Å². The van der Waals surface area contributed by atoms with Crippen molar-refractivity contribution < 1.29 is 41.8 Å². The predicted octanol–water partition coefficient (Wildman–Crippen LogP) is 4.18. The third kappa shape index (κ3) is 6.02. The number of alkyl halides is 3. The van der Waals surface area contributed by atoms with E-state index in [1.807, 2.05) is 29.2 Å². The first-order valence-electron chi connectivity index (χ1n) is 12.2. The molecule has 37 heavy (non-hydrogen) atoms. The van der Waals surface area contributed by atoms with Gasteiger partial charge in [0.2, 0.25) is 0 Å². The van der Waals surface area contributed by atoms with Crippen molar-refractivity contribution in [3.8, 4) is 0 Å². The van der Waals surface area contributed by atoms with E-state index in [1.54, 1.807) is 25.1 Å². The number of carbonyl (C=O) groups is 3. The Balaban J connectivity index is 1.51. The van der Waals surface area contributed by atoms with Gasteiger partial charge in [-0.25, -0.2) is 9.59 Å². The molecule has 0 bridgehead atoms. The van der Waals surface area contributed by atoms with E-state index in [4.69, 9.17) is 9.47 Å². The Kier molecular flexibility index (Phi) is 7.99. The lowest BCUT2D eigenvalue weighted by Gasteiger charge is -2.40. The first-order chi connectivity index (χ1) is 17.6. The van der Waals surface area contributed by atoms with Crippen LogP contribution in [0.25, 0.3) is 0 Å². The highest BCUT2D eigenvalue weighted by atomic mass is 19.4. The molecule has 1 unspecified atom stereocenters. The molecule has 198 valence electrons. The number of likely N-dealkylation sites (tertiary alicyclic amines) is 1. The van der Waals surface area contributed by atoms with Crippen molar-refractivity contribution in [2.24, 2.45) is 5.92 Å². The van der Waals surface area contributed by atoms with Gasteiger partial charge in [0.25, 0.3) is 0 Å². The van der Waals surface area contributed by atoms with E-state index in [0.29, 0.717) is 38.1 Å². The van der Waals surface area contributed by atoms with Crippen molar-refractivity contribution in [2.45, 2.75) is 44.6 Å². The number of carbonyl (C=O) groups excluding carboxylic acids is 3. The summed E-state index contributed by atoms with van der Waals surface area (Å²) in [5.74, 6) is -5.57. The number of hydrogen-bond donors (Lipinski definition) is 0. The zero-order valence-electron chi connectivity index (χ0n) is 20.4. The van der Waals surface area contributed by atoms with Gasteiger partial charge in [-0.3, -0.25) is 4.79 Å². The maximum absolute atomic E-state index is 12.8. The molecule has 1 saturated heterocycles. The standard InChI is InChI=1S/C27H28F3NO6/c1-2-35-24(33)21-9-5-3-7-18(21)15-20(23(32)37-25(34)27(28,29)30)16-31-13-11-26(12-14-31)22-10-6-4-8-19(22)17-36-26/h3-10,20H,2,11-17H2,1H3. The number of ether oxygens (including phenoxy) is 3. The summed E-state index contributed by atoms with van der Waals surface area (Å²) < 4.78 is 53.8. The maximum atomic E-state index is 12.8. The van der Waals surface area contributed by atoms with E-state index in [9.17, 15) is 27.6 Å². The molecule has 2 aliphatic heterocycles. The minimum atomic E-state index is -5.30. The van der Waals surface area contributed by atoms with Crippen LogP contribution in [0.3, 0.4) is 0 Å². The molecule has 2 aromatic carbocycles. The normalized spacial score (nSPS) is 17.7. The van der Waals surface area contributed by atoms with Crippen LogP contribution >= 0.6 is 0 Å². The molecule has 4 rings (SSSR count). The van der Waals surface area contributed by atoms with E-state index in [-0.39, 0.29) is 25.1 Å². The molecule has 1 fully saturated rings. The number of nitrogens with zero attached hydrogens (tertiary/aromatic N) is 1. The van der Waals surface area contributed by atoms with Crippen LogP contribution < -0.4 is 0 Å². The Morgan fingerprint density at radius 2 is 1.73 bits per heavy atom. The highest BCUT2D eigenvalue weighted by Crippen LogP contribution is 2.44. The minimum absolute atomic E-state index is 0.0544. The average Bonchev–Trinajstić information content (AvgIpc) is 3.23. The highest BCUT2D eigenvalue weighted by molar-refractivity contribution is 5.92. The Morgan fingerprint density at radius 1 is 1.05 bits per heavy atom. The van der Waals surface area contributed by atoms with Gasteiger partial charge in [-0.15, -0.1) is 0 Å². The van der Waals surface area contributed by atoms with Crippen LogP contribution in [0.2, 0.25) is 0 Å². The van der Waals surface area contributed by atoms with E-state index in [0.717, 1.165) is 11.1 Å². The SMILES string of the molecule is CCOC(=O)c1ccccc1CC(CN1CCC2(CC1)OCc1ccccc12)C(=O)OC(=O)C(F)(F)F. The number of esters is 3. The van der Waals surface area contributed by atoms with Gasteiger partial charge in [-0.05, 0) is 48.9 Å². The zero-order valence-corrected chi connectivity index (χ0v) is 20.4. The second kappa shape index (κ2) is 11.0. The molecule has 7 nitrogen and oxygen atoms in total. The first kappa shape index (κ1) is 26.8. The molecule has 0 saturated carbocycles. The number of halogens is 3. The summed E-state index contributed by atoms with van der Waals surface area (Å²) >= 11 is 0. The maximum Gasteiger partial charge on any atom is 0.491 e. The van der Waals surface area contributed by atoms with Crippen molar-refractivity contribution in [3.63, 3.8) is 0 Å². The molecular formula is C27H28F3NO6. The molecule has 0 N–H and O–H groups in total. The number of rotatable bonds is 7. The van der Waals surface area contributed by atoms with Crippen LogP contribution in [0.5, 0.6) is 0 Å². The predicted molar refractivity (Wildman–Crippen MR) is 125 cm³/mol. The second-order valence-corrected chi connectivity index (χ2v) is 9.23. The van der Waals surface area contributed by atoms with Crippen LogP contribution in [-0.4, -0.2) is 55.2 Å². The van der Waals surface area contributed by atoms with E-state index < -0.39 is 35.6 Å². The topological polar surface area (TPSA) is 82.1 Å². The molecule has 0 aromatic heterocycles. The van der Waals surface area contributed by atoms with Crippen molar-refractivity contribution in [1.29, 1.82) is 0 Å². The molecule has 2 heterocycles. The Bertz CT molecular complexity index is 1160. The molecule has 0 aliphatic carbocycles. The second-order valence-electron chi connectivity index (χ2n) is 9.23. The van der Waals surface area contributed by atoms with Crippen molar-refractivity contribution >= 4 is 17.9 Å². The summed E-state index contributed by atoms with van der Waals surface area (Å²) in [6, 6.07) is 14.4. The fourth-order valence-electron chi connectivity index (χ4n) is 5.03. The van der Waals surface area contributed by atoms with Gasteiger partial charge < -0.3 is 19.1 Å². The van der Waals surface area contributed by atoms with E-state index in [1.165, 1.54) is 6.07 Å². The summed E-state index contributed by atoms with van der Waals surface area (Å²) in [5.41, 5.74) is 2.48. The molecule has 1 atom stereocenters. The third-order valence-electron chi connectivity index (χ3n) is 6.89. The molecule has 1 spiro atoms. The minimum Gasteiger partial charge on any atom is -0.462 e. The van der Waals surface area contributed by atoms with Gasteiger partial charge in [0, 0.05) is 19.6 Å².